The van der Waals surface area contributed by atoms with E-state index in [1.165, 1.54) is 16.8 Å². The molecule has 6 nitrogen and oxygen atoms in total. The van der Waals surface area contributed by atoms with E-state index in [0.29, 0.717) is 11.4 Å². The molecule has 2 N–H and O–H groups in total. The Morgan fingerprint density at radius 2 is 2.38 bits per heavy atom. The third kappa shape index (κ3) is 2.33. The number of rotatable bonds is 3. The fourth-order valence-electron chi connectivity index (χ4n) is 1.60. The molecule has 1 aromatic heterocycles. The lowest BCUT2D eigenvalue weighted by Gasteiger charge is -2.10. The summed E-state index contributed by atoms with van der Waals surface area (Å²) in [6, 6.07) is -0.205. The molecule has 16 heavy (non-hydrogen) atoms. The van der Waals surface area contributed by atoms with E-state index >= 15 is 0 Å². The van der Waals surface area contributed by atoms with Crippen LogP contribution in [0.1, 0.15) is 16.9 Å². The van der Waals surface area contributed by atoms with Crippen LogP contribution >= 0.6 is 11.3 Å². The Morgan fingerprint density at radius 1 is 1.62 bits per heavy atom. The molecule has 1 aliphatic rings. The Bertz CT molecular complexity index is 508. The maximum atomic E-state index is 11.2. The Morgan fingerprint density at radius 3 is 2.94 bits per heavy atom. The molecule has 1 unspecified atom stereocenters. The zero-order chi connectivity index (χ0) is 11.8. The van der Waals surface area contributed by atoms with Gasteiger partial charge in [-0.3, -0.25) is 0 Å². The van der Waals surface area contributed by atoms with Gasteiger partial charge in [0.05, 0.1) is 17.0 Å². The average Bonchev–Trinajstić information content (AvgIpc) is 2.73. The molecule has 0 bridgehead atoms. The number of sulfone groups is 1. The van der Waals surface area contributed by atoms with Gasteiger partial charge in [-0.25, -0.2) is 18.2 Å². The van der Waals surface area contributed by atoms with Crippen LogP contribution in [0.4, 0.5) is 5.00 Å². The quantitative estimate of drug-likeness (QED) is 0.820. The first-order valence-electron chi connectivity index (χ1n) is 4.62. The first kappa shape index (κ1) is 11.3. The van der Waals surface area contributed by atoms with Gasteiger partial charge in [-0.1, -0.05) is 0 Å². The number of hydrogen-bond donors (Lipinski definition) is 2. The molecular weight excluding hydrogens is 252 g/mol. The van der Waals surface area contributed by atoms with Crippen molar-refractivity contribution in [1.29, 1.82) is 0 Å². The van der Waals surface area contributed by atoms with Crippen molar-refractivity contribution < 1.29 is 18.3 Å². The van der Waals surface area contributed by atoms with E-state index in [-0.39, 0.29) is 23.2 Å². The number of nitrogens with one attached hydrogen (secondary N) is 1. The van der Waals surface area contributed by atoms with E-state index in [9.17, 15) is 13.2 Å². The van der Waals surface area contributed by atoms with Crippen molar-refractivity contribution >= 4 is 32.1 Å². The molecule has 0 aliphatic carbocycles. The first-order chi connectivity index (χ1) is 7.48. The number of thiazole rings is 1. The second-order valence-electron chi connectivity index (χ2n) is 3.58. The van der Waals surface area contributed by atoms with Gasteiger partial charge in [0.15, 0.2) is 15.5 Å². The molecule has 1 saturated heterocycles. The lowest BCUT2D eigenvalue weighted by atomic mass is 10.2. The van der Waals surface area contributed by atoms with Gasteiger partial charge >= 0.3 is 5.97 Å². The molecule has 88 valence electrons. The topological polar surface area (TPSA) is 96.4 Å². The van der Waals surface area contributed by atoms with E-state index in [1.54, 1.807) is 0 Å². The normalized spacial score (nSPS) is 23.1. The maximum Gasteiger partial charge on any atom is 0.357 e. The predicted molar refractivity (Wildman–Crippen MR) is 59.8 cm³/mol. The van der Waals surface area contributed by atoms with Crippen LogP contribution in [0.2, 0.25) is 0 Å². The van der Waals surface area contributed by atoms with Gasteiger partial charge in [0, 0.05) is 6.04 Å². The highest BCUT2D eigenvalue weighted by Crippen LogP contribution is 2.24. The largest absolute Gasteiger partial charge is 0.476 e. The van der Waals surface area contributed by atoms with Crippen LogP contribution < -0.4 is 5.32 Å². The fourth-order valence-corrected chi connectivity index (χ4v) is 4.02. The summed E-state index contributed by atoms with van der Waals surface area (Å²) in [5.74, 6) is -0.889. The minimum absolute atomic E-state index is 0.0469. The summed E-state index contributed by atoms with van der Waals surface area (Å²) in [4.78, 5) is 14.5. The molecule has 2 rings (SSSR count). The molecular formula is C8H10N2O4S2. The highest BCUT2D eigenvalue weighted by molar-refractivity contribution is 7.91. The highest BCUT2D eigenvalue weighted by Gasteiger charge is 2.29. The van der Waals surface area contributed by atoms with Crippen molar-refractivity contribution in [1.82, 2.24) is 4.98 Å². The van der Waals surface area contributed by atoms with Gasteiger partial charge < -0.3 is 10.4 Å². The second kappa shape index (κ2) is 4.02. The molecule has 0 spiro atoms. The smallest absolute Gasteiger partial charge is 0.357 e. The zero-order valence-corrected chi connectivity index (χ0v) is 9.84. The number of anilines is 1. The van der Waals surface area contributed by atoms with Crippen LogP contribution in [0, 0.1) is 0 Å². The van der Waals surface area contributed by atoms with Gasteiger partial charge in [-0.05, 0) is 6.42 Å². The Balaban J connectivity index is 2.11. The monoisotopic (exact) mass is 262 g/mol. The summed E-state index contributed by atoms with van der Waals surface area (Å²) in [5.41, 5.74) is 1.38. The van der Waals surface area contributed by atoms with Gasteiger partial charge in [0.25, 0.3) is 0 Å². The van der Waals surface area contributed by atoms with E-state index in [4.69, 9.17) is 5.11 Å². The van der Waals surface area contributed by atoms with Crippen LogP contribution in [0.3, 0.4) is 0 Å². The molecule has 0 radical (unpaired) electrons. The van der Waals surface area contributed by atoms with Gasteiger partial charge in [0.1, 0.15) is 5.00 Å². The molecule has 0 saturated carbocycles. The van der Waals surface area contributed by atoms with Gasteiger partial charge in [-0.15, -0.1) is 11.3 Å². The summed E-state index contributed by atoms with van der Waals surface area (Å²) < 4.78 is 22.4. The van der Waals surface area contributed by atoms with Crippen LogP contribution in [0.5, 0.6) is 0 Å². The minimum Gasteiger partial charge on any atom is -0.476 e. The molecule has 1 aromatic rings. The third-order valence-electron chi connectivity index (χ3n) is 2.34. The van der Waals surface area contributed by atoms with Crippen molar-refractivity contribution in [3.63, 3.8) is 0 Å². The molecule has 2 heterocycles. The third-order valence-corrected chi connectivity index (χ3v) is 4.86. The Kier molecular flexibility index (Phi) is 2.85. The summed E-state index contributed by atoms with van der Waals surface area (Å²) >= 11 is 1.17. The number of aromatic nitrogens is 1. The van der Waals surface area contributed by atoms with Crippen molar-refractivity contribution in [2.24, 2.45) is 0 Å². The van der Waals surface area contributed by atoms with E-state index in [0.717, 1.165) is 0 Å². The highest BCUT2D eigenvalue weighted by atomic mass is 32.2. The van der Waals surface area contributed by atoms with Gasteiger partial charge in [0.2, 0.25) is 0 Å². The molecule has 1 fully saturated rings. The average molecular weight is 262 g/mol. The summed E-state index contributed by atoms with van der Waals surface area (Å²) in [6.45, 7) is 0. The molecule has 0 aromatic carbocycles. The molecule has 0 amide bonds. The summed E-state index contributed by atoms with van der Waals surface area (Å²) in [6.07, 6.45) is 0.513. The summed E-state index contributed by atoms with van der Waals surface area (Å²) in [5, 5.41) is 12.2. The van der Waals surface area contributed by atoms with Crippen LogP contribution in [0.25, 0.3) is 0 Å². The standard InChI is InChI=1S/C8H10N2O4S2/c11-8(12)6-7(15-4-9-6)10-5-1-2-16(13,14)3-5/h4-5,10H,1-3H2,(H,11,12). The zero-order valence-electron chi connectivity index (χ0n) is 8.21. The van der Waals surface area contributed by atoms with Crippen molar-refractivity contribution in [3.8, 4) is 0 Å². The molecule has 1 aliphatic heterocycles. The van der Waals surface area contributed by atoms with E-state index in [1.807, 2.05) is 0 Å². The van der Waals surface area contributed by atoms with Crippen molar-refractivity contribution in [3.05, 3.63) is 11.2 Å². The first-order valence-corrected chi connectivity index (χ1v) is 7.32. The van der Waals surface area contributed by atoms with E-state index in [2.05, 4.69) is 10.3 Å². The number of carbonyl (C=O) groups is 1. The number of nitrogens with zero attached hydrogens (tertiary/aromatic N) is 1. The van der Waals surface area contributed by atoms with Crippen molar-refractivity contribution in [2.45, 2.75) is 12.5 Å². The minimum atomic E-state index is -2.96. The number of aromatic carboxylic acids is 1. The summed E-state index contributed by atoms with van der Waals surface area (Å²) in [7, 11) is -2.96. The number of hydrogen-bond acceptors (Lipinski definition) is 6. The second-order valence-corrected chi connectivity index (χ2v) is 6.66. The fraction of sp³-hybridized carbons (Fsp3) is 0.500. The predicted octanol–water partition coefficient (Wildman–Crippen LogP) is 0.440. The van der Waals surface area contributed by atoms with Crippen LogP contribution in [0.15, 0.2) is 5.51 Å². The number of carboxylic acid groups (broad SMARTS) is 1. The van der Waals surface area contributed by atoms with Crippen LogP contribution in [-0.4, -0.2) is 42.0 Å². The lowest BCUT2D eigenvalue weighted by molar-refractivity contribution is 0.0692. The Labute approximate surface area is 96.2 Å². The van der Waals surface area contributed by atoms with E-state index < -0.39 is 15.8 Å². The molecule has 1 atom stereocenters. The lowest BCUT2D eigenvalue weighted by Crippen LogP contribution is -2.21. The maximum absolute atomic E-state index is 11.2. The molecule has 8 heteroatoms. The SMILES string of the molecule is O=C(O)c1ncsc1NC1CCS(=O)(=O)C1. The van der Waals surface area contributed by atoms with Crippen LogP contribution in [-0.2, 0) is 9.84 Å². The Hall–Kier alpha value is -1.15. The number of carboxylic acids is 1. The van der Waals surface area contributed by atoms with Crippen molar-refractivity contribution in [2.75, 3.05) is 16.8 Å². The van der Waals surface area contributed by atoms with Gasteiger partial charge in [-0.2, -0.15) is 0 Å².